The zero-order valence-corrected chi connectivity index (χ0v) is 22.7. The van der Waals surface area contributed by atoms with E-state index in [-0.39, 0.29) is 33.7 Å². The molecule has 6 aromatic rings. The van der Waals surface area contributed by atoms with Gasteiger partial charge in [0.15, 0.2) is 5.65 Å². The van der Waals surface area contributed by atoms with Crippen LogP contribution in [-0.4, -0.2) is 26.9 Å². The first-order valence-corrected chi connectivity index (χ1v) is 12.8. The monoisotopic (exact) mass is 553 g/mol. The van der Waals surface area contributed by atoms with Crippen molar-refractivity contribution in [3.05, 3.63) is 99.7 Å². The number of nitrogens with zero attached hydrogens (tertiary/aromatic N) is 4. The lowest BCUT2D eigenvalue weighted by atomic mass is 9.99. The molecule has 0 bridgehead atoms. The van der Waals surface area contributed by atoms with E-state index in [4.69, 9.17) is 20.0 Å². The molecule has 0 aliphatic carbocycles. The zero-order chi connectivity index (χ0) is 29.0. The molecule has 3 aromatic heterocycles. The number of nitrogen functional groups attached to an aromatic ring is 1. The largest absolute Gasteiger partial charge is 0.496 e. The number of halogens is 2. The lowest BCUT2D eigenvalue weighted by Gasteiger charge is -2.17. The Morgan fingerprint density at radius 1 is 0.976 bits per heavy atom. The Balaban J connectivity index is 1.65. The maximum atomic E-state index is 14.8. The first-order valence-electron chi connectivity index (χ1n) is 12.8. The molecule has 3 heterocycles. The van der Waals surface area contributed by atoms with E-state index >= 15 is 0 Å². The third-order valence-corrected chi connectivity index (χ3v) is 7.21. The van der Waals surface area contributed by atoms with Crippen LogP contribution in [0.3, 0.4) is 0 Å². The highest BCUT2D eigenvalue weighted by Gasteiger charge is 2.28. The van der Waals surface area contributed by atoms with Gasteiger partial charge in [-0.15, -0.1) is 0 Å². The Labute approximate surface area is 233 Å². The molecule has 0 fully saturated rings. The minimum Gasteiger partial charge on any atom is -0.496 e. The molecule has 0 saturated heterocycles. The van der Waals surface area contributed by atoms with Gasteiger partial charge < -0.3 is 14.9 Å². The zero-order valence-electron chi connectivity index (χ0n) is 22.7. The fourth-order valence-corrected chi connectivity index (χ4v) is 5.42. The van der Waals surface area contributed by atoms with Crippen molar-refractivity contribution >= 4 is 27.8 Å². The van der Waals surface area contributed by atoms with Gasteiger partial charge in [0.2, 0.25) is 5.43 Å². The van der Waals surface area contributed by atoms with E-state index in [0.717, 1.165) is 22.4 Å². The van der Waals surface area contributed by atoms with Crippen molar-refractivity contribution in [1.29, 1.82) is 0 Å². The van der Waals surface area contributed by atoms with Crippen molar-refractivity contribution in [3.63, 3.8) is 0 Å². The third kappa shape index (κ3) is 4.19. The standard InChI is InChI=1S/C31H25F2N5O3/c1-15-11-19(12-16(2)28(15)40-4)26-25-30(34)35-14-36-31(25)38(37-26)17(3)29-23(18-7-5-8-20(32)13-18)27(39)24-21(33)9-6-10-22(24)41-29/h5-14,17H,1-4H3,(H2,34,35,36). The predicted octanol–water partition coefficient (Wildman–Crippen LogP) is 6.36. The minimum atomic E-state index is -0.750. The Hall–Kier alpha value is -5.12. The van der Waals surface area contributed by atoms with E-state index in [2.05, 4.69) is 9.97 Å². The van der Waals surface area contributed by atoms with Gasteiger partial charge in [-0.05, 0) is 73.9 Å². The van der Waals surface area contributed by atoms with Crippen molar-refractivity contribution in [2.24, 2.45) is 0 Å². The summed E-state index contributed by atoms with van der Waals surface area (Å²) < 4.78 is 42.5. The van der Waals surface area contributed by atoms with Crippen LogP contribution in [0.1, 0.15) is 29.9 Å². The highest BCUT2D eigenvalue weighted by atomic mass is 19.1. The number of nitrogens with two attached hydrogens (primary N) is 1. The fourth-order valence-electron chi connectivity index (χ4n) is 5.42. The summed E-state index contributed by atoms with van der Waals surface area (Å²) in [6.07, 6.45) is 1.33. The van der Waals surface area contributed by atoms with Crippen LogP contribution < -0.4 is 15.9 Å². The number of aryl methyl sites for hydroxylation is 2. The van der Waals surface area contributed by atoms with E-state index in [0.29, 0.717) is 16.7 Å². The predicted molar refractivity (Wildman–Crippen MR) is 153 cm³/mol. The number of aromatic nitrogens is 4. The van der Waals surface area contributed by atoms with Gasteiger partial charge >= 0.3 is 0 Å². The first kappa shape index (κ1) is 26.1. The molecule has 3 aromatic carbocycles. The molecule has 2 N–H and O–H groups in total. The Morgan fingerprint density at radius 3 is 2.41 bits per heavy atom. The summed E-state index contributed by atoms with van der Waals surface area (Å²) in [5, 5.41) is 5.20. The number of ether oxygens (including phenoxy) is 1. The van der Waals surface area contributed by atoms with Gasteiger partial charge in [0.25, 0.3) is 0 Å². The fraction of sp³-hybridized carbons (Fsp3) is 0.161. The number of rotatable bonds is 5. The molecule has 0 spiro atoms. The van der Waals surface area contributed by atoms with Crippen LogP contribution >= 0.6 is 0 Å². The summed E-state index contributed by atoms with van der Waals surface area (Å²) in [6.45, 7) is 5.64. The number of hydrogen-bond acceptors (Lipinski definition) is 7. The smallest absolute Gasteiger partial charge is 0.203 e. The summed E-state index contributed by atoms with van der Waals surface area (Å²) in [4.78, 5) is 22.5. The molecule has 6 rings (SSSR count). The lowest BCUT2D eigenvalue weighted by molar-refractivity contribution is 0.408. The van der Waals surface area contributed by atoms with Gasteiger partial charge in [-0.2, -0.15) is 5.10 Å². The molecule has 8 nitrogen and oxygen atoms in total. The molecular formula is C31H25F2N5O3. The summed E-state index contributed by atoms with van der Waals surface area (Å²) in [6, 6.07) is 12.8. The van der Waals surface area contributed by atoms with E-state index in [9.17, 15) is 13.6 Å². The van der Waals surface area contributed by atoms with Gasteiger partial charge in [-0.1, -0.05) is 18.2 Å². The van der Waals surface area contributed by atoms with Gasteiger partial charge in [-0.25, -0.2) is 23.4 Å². The summed E-state index contributed by atoms with van der Waals surface area (Å²) in [5.74, 6) is -0.131. The number of fused-ring (bicyclic) bond motifs is 2. The number of anilines is 1. The van der Waals surface area contributed by atoms with Crippen LogP contribution in [0.5, 0.6) is 5.75 Å². The number of hydrogen-bond donors (Lipinski definition) is 1. The quantitative estimate of drug-likeness (QED) is 0.265. The van der Waals surface area contributed by atoms with Gasteiger partial charge in [-0.3, -0.25) is 4.79 Å². The van der Waals surface area contributed by atoms with Crippen molar-refractivity contribution in [1.82, 2.24) is 19.7 Å². The summed E-state index contributed by atoms with van der Waals surface area (Å²) >= 11 is 0. The molecule has 206 valence electrons. The van der Waals surface area contributed by atoms with Crippen LogP contribution in [0.25, 0.3) is 44.4 Å². The van der Waals surface area contributed by atoms with Crippen LogP contribution in [-0.2, 0) is 0 Å². The maximum absolute atomic E-state index is 14.8. The molecule has 41 heavy (non-hydrogen) atoms. The van der Waals surface area contributed by atoms with Crippen molar-refractivity contribution in [2.75, 3.05) is 12.8 Å². The average molecular weight is 554 g/mol. The third-order valence-electron chi connectivity index (χ3n) is 7.21. The van der Waals surface area contributed by atoms with E-state index in [1.54, 1.807) is 24.8 Å². The molecular weight excluding hydrogens is 528 g/mol. The SMILES string of the molecule is COc1c(C)cc(-c2nn(C(C)c3oc4cccc(F)c4c(=O)c3-c3cccc(F)c3)c3ncnc(N)c23)cc1C. The molecule has 1 unspecified atom stereocenters. The van der Waals surface area contributed by atoms with Crippen molar-refractivity contribution in [2.45, 2.75) is 26.8 Å². The molecule has 0 radical (unpaired) electrons. The van der Waals surface area contributed by atoms with E-state index in [1.807, 2.05) is 26.0 Å². The second-order valence-corrected chi connectivity index (χ2v) is 9.86. The number of benzene rings is 3. The van der Waals surface area contributed by atoms with Gasteiger partial charge in [0.1, 0.15) is 58.0 Å². The molecule has 0 aliphatic heterocycles. The molecule has 1 atom stereocenters. The number of methoxy groups -OCH3 is 1. The normalized spacial score (nSPS) is 12.2. The maximum Gasteiger partial charge on any atom is 0.203 e. The van der Waals surface area contributed by atoms with Crippen molar-refractivity contribution < 1.29 is 17.9 Å². The highest BCUT2D eigenvalue weighted by Crippen LogP contribution is 2.38. The summed E-state index contributed by atoms with van der Waals surface area (Å²) in [7, 11) is 1.62. The molecule has 0 saturated carbocycles. The van der Waals surface area contributed by atoms with Crippen LogP contribution in [0.4, 0.5) is 14.6 Å². The molecule has 0 amide bonds. The molecule has 0 aliphatic rings. The van der Waals surface area contributed by atoms with Crippen LogP contribution in [0, 0.1) is 25.5 Å². The second-order valence-electron chi connectivity index (χ2n) is 9.86. The Bertz CT molecular complexity index is 2030. The van der Waals surface area contributed by atoms with Crippen LogP contribution in [0.2, 0.25) is 0 Å². The Kier molecular flexibility index (Phi) is 6.25. The molecule has 10 heteroatoms. The topological polar surface area (TPSA) is 109 Å². The second kappa shape index (κ2) is 9.81. The minimum absolute atomic E-state index is 0.0259. The van der Waals surface area contributed by atoms with Crippen LogP contribution in [0.15, 0.2) is 70.1 Å². The lowest BCUT2D eigenvalue weighted by Crippen LogP contribution is -2.17. The summed E-state index contributed by atoms with van der Waals surface area (Å²) in [5.41, 5.74) is 9.57. The van der Waals surface area contributed by atoms with E-state index < -0.39 is 23.1 Å². The van der Waals surface area contributed by atoms with Crippen molar-refractivity contribution in [3.8, 4) is 28.1 Å². The van der Waals surface area contributed by atoms with E-state index in [1.165, 1.54) is 42.7 Å². The van der Waals surface area contributed by atoms with Gasteiger partial charge in [0, 0.05) is 5.56 Å². The average Bonchev–Trinajstić information content (AvgIpc) is 3.33. The highest BCUT2D eigenvalue weighted by molar-refractivity contribution is 5.98. The first-order chi connectivity index (χ1) is 19.7. The van der Waals surface area contributed by atoms with Gasteiger partial charge in [0.05, 0.1) is 18.1 Å². The Morgan fingerprint density at radius 2 is 1.71 bits per heavy atom.